The van der Waals surface area contributed by atoms with Gasteiger partial charge in [-0.2, -0.15) is 5.10 Å². The second kappa shape index (κ2) is 5.38. The van der Waals surface area contributed by atoms with Crippen molar-refractivity contribution in [2.24, 2.45) is 0 Å². The van der Waals surface area contributed by atoms with Gasteiger partial charge in [0.2, 0.25) is 0 Å². The van der Waals surface area contributed by atoms with E-state index < -0.39 is 0 Å². The van der Waals surface area contributed by atoms with Crippen LogP contribution in [0.15, 0.2) is 29.3 Å². The summed E-state index contributed by atoms with van der Waals surface area (Å²) in [6.45, 7) is 0.565. The van der Waals surface area contributed by atoms with E-state index in [0.29, 0.717) is 24.9 Å². The molecule has 8 nitrogen and oxygen atoms in total. The average molecular weight is 312 g/mol. The molecule has 0 fully saturated rings. The summed E-state index contributed by atoms with van der Waals surface area (Å²) in [6, 6.07) is 5.42. The van der Waals surface area contributed by atoms with Crippen molar-refractivity contribution in [1.82, 2.24) is 30.0 Å². The summed E-state index contributed by atoms with van der Waals surface area (Å²) in [6.07, 6.45) is 3.76. The molecule has 0 saturated heterocycles. The molecule has 1 atom stereocenters. The Balaban J connectivity index is 1.47. The standard InChI is InChI=1S/C15H16N6O2/c22-14(9-1-3-11-12(7-9)17-8-16-11)18-10-2-4-13-19-20-15(23)21(13)6-5-10/h1,3,7-8,10H,2,4-6H2,(H,16,17)(H,18,22)(H,20,23). The summed E-state index contributed by atoms with van der Waals surface area (Å²) in [5, 5.41) is 9.53. The summed E-state index contributed by atoms with van der Waals surface area (Å²) in [5.74, 6) is 0.644. The molecule has 1 aliphatic rings. The van der Waals surface area contributed by atoms with Gasteiger partial charge in [0.25, 0.3) is 5.91 Å². The number of imidazole rings is 1. The zero-order valence-electron chi connectivity index (χ0n) is 12.4. The quantitative estimate of drug-likeness (QED) is 0.643. The summed E-state index contributed by atoms with van der Waals surface area (Å²) in [7, 11) is 0. The molecule has 0 spiro atoms. The second-order valence-corrected chi connectivity index (χ2v) is 5.73. The van der Waals surface area contributed by atoms with Gasteiger partial charge in [-0.1, -0.05) is 0 Å². The van der Waals surface area contributed by atoms with E-state index in [1.165, 1.54) is 0 Å². The molecule has 1 aromatic carbocycles. The van der Waals surface area contributed by atoms with E-state index in [1.807, 2.05) is 6.07 Å². The molecular formula is C15H16N6O2. The zero-order chi connectivity index (χ0) is 15.8. The topological polar surface area (TPSA) is 108 Å². The average Bonchev–Trinajstić information content (AvgIpc) is 3.10. The summed E-state index contributed by atoms with van der Waals surface area (Å²) in [4.78, 5) is 31.2. The van der Waals surface area contributed by atoms with Crippen molar-refractivity contribution < 1.29 is 4.79 Å². The van der Waals surface area contributed by atoms with E-state index >= 15 is 0 Å². The lowest BCUT2D eigenvalue weighted by molar-refractivity contribution is 0.0933. The van der Waals surface area contributed by atoms with Crippen molar-refractivity contribution in [3.63, 3.8) is 0 Å². The highest BCUT2D eigenvalue weighted by Crippen LogP contribution is 2.14. The minimum absolute atomic E-state index is 0.0288. The number of rotatable bonds is 2. The number of fused-ring (bicyclic) bond motifs is 2. The number of amides is 1. The number of hydrogen-bond donors (Lipinski definition) is 3. The predicted molar refractivity (Wildman–Crippen MR) is 83.1 cm³/mol. The number of aryl methyl sites for hydroxylation is 1. The maximum absolute atomic E-state index is 12.4. The normalized spacial score (nSPS) is 17.7. The number of carbonyl (C=O) groups is 1. The number of nitrogens with zero attached hydrogens (tertiary/aromatic N) is 3. The fraction of sp³-hybridized carbons (Fsp3) is 0.333. The Labute approximate surface area is 130 Å². The van der Waals surface area contributed by atoms with E-state index in [2.05, 4.69) is 25.5 Å². The monoisotopic (exact) mass is 312 g/mol. The van der Waals surface area contributed by atoms with Crippen LogP contribution in [0.5, 0.6) is 0 Å². The Hall–Kier alpha value is -2.90. The van der Waals surface area contributed by atoms with Crippen molar-refractivity contribution in [3.05, 3.63) is 46.4 Å². The van der Waals surface area contributed by atoms with Crippen LogP contribution in [0.2, 0.25) is 0 Å². The Morgan fingerprint density at radius 3 is 3.17 bits per heavy atom. The van der Waals surface area contributed by atoms with Gasteiger partial charge in [0.1, 0.15) is 5.82 Å². The van der Waals surface area contributed by atoms with E-state index in [1.54, 1.807) is 23.0 Å². The van der Waals surface area contributed by atoms with Gasteiger partial charge in [-0.25, -0.2) is 14.9 Å². The van der Waals surface area contributed by atoms with Crippen molar-refractivity contribution >= 4 is 16.9 Å². The third-order valence-electron chi connectivity index (χ3n) is 4.27. The number of H-pyrrole nitrogens is 2. The molecule has 0 saturated carbocycles. The second-order valence-electron chi connectivity index (χ2n) is 5.73. The van der Waals surface area contributed by atoms with Crippen LogP contribution in [0.25, 0.3) is 11.0 Å². The summed E-state index contributed by atoms with van der Waals surface area (Å²) < 4.78 is 1.64. The molecule has 4 rings (SSSR count). The van der Waals surface area contributed by atoms with Crippen molar-refractivity contribution in [1.29, 1.82) is 0 Å². The first-order valence-corrected chi connectivity index (χ1v) is 7.59. The Morgan fingerprint density at radius 2 is 2.26 bits per heavy atom. The van der Waals surface area contributed by atoms with Crippen LogP contribution in [-0.4, -0.2) is 36.7 Å². The fourth-order valence-electron chi connectivity index (χ4n) is 2.99. The van der Waals surface area contributed by atoms with Crippen LogP contribution in [0, 0.1) is 0 Å². The smallest absolute Gasteiger partial charge is 0.343 e. The lowest BCUT2D eigenvalue weighted by Gasteiger charge is -2.16. The van der Waals surface area contributed by atoms with E-state index in [-0.39, 0.29) is 17.6 Å². The van der Waals surface area contributed by atoms with Crippen LogP contribution < -0.4 is 11.0 Å². The number of nitrogens with one attached hydrogen (secondary N) is 3. The van der Waals surface area contributed by atoms with Crippen LogP contribution in [0.3, 0.4) is 0 Å². The molecule has 1 aliphatic heterocycles. The van der Waals surface area contributed by atoms with Gasteiger partial charge in [-0.3, -0.25) is 9.36 Å². The van der Waals surface area contributed by atoms with E-state index in [4.69, 9.17) is 0 Å². The molecule has 3 aromatic rings. The first-order chi connectivity index (χ1) is 11.2. The van der Waals surface area contributed by atoms with Crippen LogP contribution in [0.1, 0.15) is 29.0 Å². The fourth-order valence-corrected chi connectivity index (χ4v) is 2.99. The molecule has 1 unspecified atom stereocenters. The molecule has 0 bridgehead atoms. The molecule has 3 N–H and O–H groups in total. The first kappa shape index (κ1) is 13.7. The molecule has 8 heteroatoms. The summed E-state index contributed by atoms with van der Waals surface area (Å²) >= 11 is 0. The molecule has 3 heterocycles. The van der Waals surface area contributed by atoms with E-state index in [0.717, 1.165) is 23.3 Å². The van der Waals surface area contributed by atoms with Gasteiger partial charge >= 0.3 is 5.69 Å². The number of aromatic nitrogens is 5. The van der Waals surface area contributed by atoms with Gasteiger partial charge in [-0.15, -0.1) is 0 Å². The van der Waals surface area contributed by atoms with Gasteiger partial charge in [0.15, 0.2) is 0 Å². The van der Waals surface area contributed by atoms with Crippen LogP contribution in [-0.2, 0) is 13.0 Å². The maximum Gasteiger partial charge on any atom is 0.343 e. The Morgan fingerprint density at radius 1 is 1.35 bits per heavy atom. The van der Waals surface area contributed by atoms with Gasteiger partial charge < -0.3 is 10.3 Å². The van der Waals surface area contributed by atoms with Crippen molar-refractivity contribution in [3.8, 4) is 0 Å². The van der Waals surface area contributed by atoms with Crippen molar-refractivity contribution in [2.75, 3.05) is 0 Å². The minimum atomic E-state index is -0.184. The Bertz CT molecular complexity index is 921. The first-order valence-electron chi connectivity index (χ1n) is 7.59. The highest BCUT2D eigenvalue weighted by molar-refractivity contribution is 5.97. The Kier molecular flexibility index (Phi) is 3.22. The minimum Gasteiger partial charge on any atom is -0.349 e. The SMILES string of the molecule is O=C(NC1CCc2n[nH]c(=O)n2CC1)c1ccc2nc[nH]c2c1. The van der Waals surface area contributed by atoms with Crippen LogP contribution in [0.4, 0.5) is 0 Å². The number of benzene rings is 1. The van der Waals surface area contributed by atoms with Gasteiger partial charge in [-0.05, 0) is 31.0 Å². The van der Waals surface area contributed by atoms with Crippen LogP contribution >= 0.6 is 0 Å². The molecule has 118 valence electrons. The number of carbonyl (C=O) groups excluding carboxylic acids is 1. The summed E-state index contributed by atoms with van der Waals surface area (Å²) in [5.41, 5.74) is 2.09. The zero-order valence-corrected chi connectivity index (χ0v) is 12.4. The maximum atomic E-state index is 12.4. The molecule has 23 heavy (non-hydrogen) atoms. The highest BCUT2D eigenvalue weighted by atomic mass is 16.2. The lowest BCUT2D eigenvalue weighted by atomic mass is 10.1. The van der Waals surface area contributed by atoms with Gasteiger partial charge in [0, 0.05) is 24.6 Å². The molecular weight excluding hydrogens is 296 g/mol. The third kappa shape index (κ3) is 2.52. The lowest BCUT2D eigenvalue weighted by Crippen LogP contribution is -2.35. The highest BCUT2D eigenvalue weighted by Gasteiger charge is 2.20. The molecule has 1 amide bonds. The molecule has 0 aliphatic carbocycles. The number of hydrogen-bond acceptors (Lipinski definition) is 4. The predicted octanol–water partition coefficient (Wildman–Crippen LogP) is 0.583. The number of aromatic amines is 2. The largest absolute Gasteiger partial charge is 0.349 e. The van der Waals surface area contributed by atoms with E-state index in [9.17, 15) is 9.59 Å². The van der Waals surface area contributed by atoms with Gasteiger partial charge in [0.05, 0.1) is 17.4 Å². The third-order valence-corrected chi connectivity index (χ3v) is 4.27. The van der Waals surface area contributed by atoms with Crippen molar-refractivity contribution in [2.45, 2.75) is 31.8 Å². The molecule has 2 aromatic heterocycles. The molecule has 0 radical (unpaired) electrons.